The largest absolute Gasteiger partial charge is 0.308 e. The second-order valence-electron chi connectivity index (χ2n) is 5.56. The van der Waals surface area contributed by atoms with Crippen LogP contribution in [0.4, 0.5) is 0 Å². The van der Waals surface area contributed by atoms with Crippen LogP contribution in [-0.2, 0) is 23.7 Å². The summed E-state index contributed by atoms with van der Waals surface area (Å²) in [6.07, 6.45) is 4.75. The van der Waals surface area contributed by atoms with Crippen LogP contribution >= 0.6 is 0 Å². The number of aromatic nitrogens is 2. The molecule has 0 radical (unpaired) electrons. The van der Waals surface area contributed by atoms with Crippen molar-refractivity contribution in [3.63, 3.8) is 0 Å². The van der Waals surface area contributed by atoms with E-state index in [-0.39, 0.29) is 28.7 Å². The molecule has 0 saturated heterocycles. The molecule has 4 nitrogen and oxygen atoms in total. The molecular weight excluding hydrogens is 226 g/mol. The van der Waals surface area contributed by atoms with E-state index in [1.807, 2.05) is 30.9 Å². The van der Waals surface area contributed by atoms with E-state index in [1.165, 1.54) is 5.56 Å². The molecule has 2 aliphatic rings. The van der Waals surface area contributed by atoms with E-state index in [4.69, 9.17) is 6.57 Å². The van der Waals surface area contributed by atoms with E-state index in [0.717, 1.165) is 12.1 Å². The fourth-order valence-electron chi connectivity index (χ4n) is 3.50. The van der Waals surface area contributed by atoms with Crippen LogP contribution in [0.15, 0.2) is 18.0 Å². The van der Waals surface area contributed by atoms with Gasteiger partial charge in [-0.3, -0.25) is 4.68 Å². The van der Waals surface area contributed by atoms with Crippen LogP contribution in [0.5, 0.6) is 0 Å². The summed E-state index contributed by atoms with van der Waals surface area (Å²) in [5, 5.41) is 4.53. The van der Waals surface area contributed by atoms with E-state index in [1.54, 1.807) is 0 Å². The number of carbonyl (C=O) groups is 1. The topological polar surface area (TPSA) is 39.2 Å². The number of carbonyl (C=O) groups excluding carboxylic acids is 1. The quantitative estimate of drug-likeness (QED) is 0.650. The zero-order valence-corrected chi connectivity index (χ0v) is 10.8. The lowest BCUT2D eigenvalue weighted by Gasteiger charge is -2.36. The number of rotatable bonds is 0. The van der Waals surface area contributed by atoms with Crippen LogP contribution in [-0.4, -0.2) is 15.6 Å². The molecule has 0 fully saturated rings. The molecule has 3 rings (SSSR count). The molecule has 0 spiro atoms. The molecule has 92 valence electrons. The van der Waals surface area contributed by atoms with Gasteiger partial charge in [0.2, 0.25) is 5.70 Å². The second kappa shape index (κ2) is 3.32. The first-order chi connectivity index (χ1) is 8.47. The van der Waals surface area contributed by atoms with Crippen LogP contribution in [0.3, 0.4) is 0 Å². The summed E-state index contributed by atoms with van der Waals surface area (Å²) in [6.45, 7) is 11.2. The van der Waals surface area contributed by atoms with Crippen LogP contribution in [0.2, 0.25) is 0 Å². The lowest BCUT2D eigenvalue weighted by atomic mass is 9.67. The van der Waals surface area contributed by atoms with Crippen molar-refractivity contribution >= 4 is 5.78 Å². The molecule has 3 atom stereocenters. The Morgan fingerprint density at radius 3 is 3.00 bits per heavy atom. The maximum Gasteiger partial charge on any atom is 0.226 e. The summed E-state index contributed by atoms with van der Waals surface area (Å²) >= 11 is 0. The highest BCUT2D eigenvalue weighted by Crippen LogP contribution is 2.50. The predicted molar refractivity (Wildman–Crippen MR) is 66.6 cm³/mol. The molecule has 0 unspecified atom stereocenters. The zero-order valence-electron chi connectivity index (χ0n) is 10.8. The van der Waals surface area contributed by atoms with Gasteiger partial charge in [-0.25, -0.2) is 4.85 Å². The van der Waals surface area contributed by atoms with Gasteiger partial charge in [0.25, 0.3) is 0 Å². The van der Waals surface area contributed by atoms with Gasteiger partial charge in [-0.05, 0) is 17.9 Å². The van der Waals surface area contributed by atoms with Crippen LogP contribution < -0.4 is 0 Å². The van der Waals surface area contributed by atoms with Crippen molar-refractivity contribution in [2.24, 2.45) is 18.9 Å². The summed E-state index contributed by atoms with van der Waals surface area (Å²) < 4.78 is 1.82. The molecule has 0 amide bonds. The standard InChI is InChI=1S/C14H15N3O/c1-8-10-5-9-7-17(4)16-13(9)14(10,2)6-11(15-3)12(8)18/h6-8,10H,5H2,1-2,4H3/t8-,10+,14-/m0/s1. The Morgan fingerprint density at radius 1 is 1.61 bits per heavy atom. The smallest absolute Gasteiger partial charge is 0.226 e. The Kier molecular flexibility index (Phi) is 2.07. The van der Waals surface area contributed by atoms with Crippen molar-refractivity contribution in [1.82, 2.24) is 9.78 Å². The Balaban J connectivity index is 2.21. The zero-order chi connectivity index (χ0) is 13.1. The highest BCUT2D eigenvalue weighted by atomic mass is 16.1. The Labute approximate surface area is 106 Å². The average molecular weight is 241 g/mol. The van der Waals surface area contributed by atoms with Crippen molar-refractivity contribution in [3.05, 3.63) is 40.6 Å². The third-order valence-corrected chi connectivity index (χ3v) is 4.45. The fourth-order valence-corrected chi connectivity index (χ4v) is 3.50. The predicted octanol–water partition coefficient (Wildman–Crippen LogP) is 1.87. The number of hydrogen-bond acceptors (Lipinski definition) is 2. The van der Waals surface area contributed by atoms with E-state index < -0.39 is 0 Å². The van der Waals surface area contributed by atoms with Gasteiger partial charge in [-0.15, -0.1) is 0 Å². The average Bonchev–Trinajstić information content (AvgIpc) is 2.81. The van der Waals surface area contributed by atoms with Crippen molar-refractivity contribution in [1.29, 1.82) is 0 Å². The number of nitrogens with zero attached hydrogens (tertiary/aromatic N) is 3. The molecule has 0 aromatic carbocycles. The SMILES string of the molecule is [C-]#[N+]C1=C[C@]2(C)c3nn(C)cc3C[C@@H]2[C@H](C)C1=O. The second-order valence-corrected chi connectivity index (χ2v) is 5.56. The molecular formula is C14H15N3O. The van der Waals surface area contributed by atoms with Crippen LogP contribution in [0.25, 0.3) is 4.85 Å². The number of hydrogen-bond donors (Lipinski definition) is 0. The fraction of sp³-hybridized carbons (Fsp3) is 0.500. The van der Waals surface area contributed by atoms with Crippen molar-refractivity contribution in [3.8, 4) is 0 Å². The van der Waals surface area contributed by atoms with E-state index in [2.05, 4.69) is 16.9 Å². The van der Waals surface area contributed by atoms with Gasteiger partial charge < -0.3 is 4.79 Å². The normalized spacial score (nSPS) is 33.7. The summed E-state index contributed by atoms with van der Waals surface area (Å²) in [5.74, 6) is 0.139. The van der Waals surface area contributed by atoms with Crippen molar-refractivity contribution in [2.75, 3.05) is 0 Å². The van der Waals surface area contributed by atoms with Gasteiger partial charge in [0.1, 0.15) is 0 Å². The van der Waals surface area contributed by atoms with E-state index in [9.17, 15) is 4.79 Å². The number of aryl methyl sites for hydroxylation is 1. The highest BCUT2D eigenvalue weighted by molar-refractivity contribution is 6.00. The van der Waals surface area contributed by atoms with Gasteiger partial charge in [0, 0.05) is 24.6 Å². The molecule has 2 aliphatic carbocycles. The first kappa shape index (κ1) is 11.2. The minimum atomic E-state index is -0.260. The maximum atomic E-state index is 12.1. The van der Waals surface area contributed by atoms with Crippen molar-refractivity contribution < 1.29 is 4.79 Å². The Bertz CT molecular complexity index is 619. The van der Waals surface area contributed by atoms with E-state index >= 15 is 0 Å². The van der Waals surface area contributed by atoms with Gasteiger partial charge in [-0.1, -0.05) is 19.9 Å². The molecule has 18 heavy (non-hydrogen) atoms. The summed E-state index contributed by atoms with van der Waals surface area (Å²) in [5.41, 5.74) is 2.27. The molecule has 0 bridgehead atoms. The summed E-state index contributed by atoms with van der Waals surface area (Å²) in [7, 11) is 1.91. The number of allylic oxidation sites excluding steroid dienone is 2. The Morgan fingerprint density at radius 2 is 2.33 bits per heavy atom. The number of ketones is 1. The van der Waals surface area contributed by atoms with Crippen LogP contribution in [0, 0.1) is 18.4 Å². The van der Waals surface area contributed by atoms with E-state index in [0.29, 0.717) is 0 Å². The third kappa shape index (κ3) is 1.19. The lowest BCUT2D eigenvalue weighted by Crippen LogP contribution is -2.40. The minimum Gasteiger partial charge on any atom is -0.308 e. The molecule has 0 N–H and O–H groups in total. The molecule has 0 aliphatic heterocycles. The van der Waals surface area contributed by atoms with Crippen molar-refractivity contribution in [2.45, 2.75) is 25.7 Å². The Hall–Kier alpha value is -1.89. The number of Topliss-reactive ketones (excluding diaryl/α,β-unsaturated/α-hetero) is 1. The monoisotopic (exact) mass is 241 g/mol. The maximum absolute atomic E-state index is 12.1. The van der Waals surface area contributed by atoms with Gasteiger partial charge in [0.15, 0.2) is 5.78 Å². The van der Waals surface area contributed by atoms with Gasteiger partial charge in [0.05, 0.1) is 12.3 Å². The minimum absolute atomic E-state index is 0.0120. The first-order valence-electron chi connectivity index (χ1n) is 6.15. The van der Waals surface area contributed by atoms with Gasteiger partial charge >= 0.3 is 0 Å². The van der Waals surface area contributed by atoms with Gasteiger partial charge in [-0.2, -0.15) is 5.10 Å². The third-order valence-electron chi connectivity index (χ3n) is 4.45. The summed E-state index contributed by atoms with van der Waals surface area (Å²) in [6, 6.07) is 0. The highest BCUT2D eigenvalue weighted by Gasteiger charge is 2.51. The molecule has 1 aromatic rings. The molecule has 4 heteroatoms. The summed E-state index contributed by atoms with van der Waals surface area (Å²) in [4.78, 5) is 15.5. The van der Waals surface area contributed by atoms with Crippen LogP contribution in [0.1, 0.15) is 25.1 Å². The first-order valence-corrected chi connectivity index (χ1v) is 6.15. The number of fused-ring (bicyclic) bond motifs is 3. The molecule has 0 saturated carbocycles. The molecule has 1 aromatic heterocycles. The molecule has 1 heterocycles. The lowest BCUT2D eigenvalue weighted by molar-refractivity contribution is -0.121.